The van der Waals surface area contributed by atoms with E-state index in [0.717, 1.165) is 26.9 Å². The lowest BCUT2D eigenvalue weighted by Gasteiger charge is -2.12. The predicted octanol–water partition coefficient (Wildman–Crippen LogP) is 4.49. The maximum atomic E-state index is 5.90. The quantitative estimate of drug-likeness (QED) is 0.839. The van der Waals surface area contributed by atoms with Crippen molar-refractivity contribution in [3.05, 3.63) is 57.6 Å². The average Bonchev–Trinajstić information content (AvgIpc) is 2.34. The molecule has 98 valence electrons. The zero-order valence-electron chi connectivity index (χ0n) is 10.7. The van der Waals surface area contributed by atoms with Crippen molar-refractivity contribution in [1.29, 1.82) is 0 Å². The number of nitrogens with two attached hydrogens (primary N) is 1. The molecule has 0 heterocycles. The lowest BCUT2D eigenvalue weighted by molar-refractivity contribution is 0.478. The number of aryl methyl sites for hydroxylation is 2. The molecule has 0 fully saturated rings. The molecular formula is C15H14BrNOS. The van der Waals surface area contributed by atoms with Gasteiger partial charge in [-0.3, -0.25) is 0 Å². The number of hydrogen-bond acceptors (Lipinski definition) is 2. The molecule has 0 aromatic heterocycles. The highest BCUT2D eigenvalue weighted by molar-refractivity contribution is 9.10. The summed E-state index contributed by atoms with van der Waals surface area (Å²) in [6.45, 7) is 4.02. The van der Waals surface area contributed by atoms with E-state index in [9.17, 15) is 0 Å². The average molecular weight is 336 g/mol. The van der Waals surface area contributed by atoms with Gasteiger partial charge in [-0.2, -0.15) is 0 Å². The fourth-order valence-corrected chi connectivity index (χ4v) is 2.47. The minimum absolute atomic E-state index is 0.335. The molecule has 0 radical (unpaired) electrons. The molecule has 2 N–H and O–H groups in total. The van der Waals surface area contributed by atoms with E-state index in [-0.39, 0.29) is 0 Å². The van der Waals surface area contributed by atoms with Crippen molar-refractivity contribution in [2.45, 2.75) is 13.8 Å². The summed E-state index contributed by atoms with van der Waals surface area (Å²) in [6.07, 6.45) is 0. The van der Waals surface area contributed by atoms with E-state index in [4.69, 9.17) is 22.7 Å². The van der Waals surface area contributed by atoms with Crippen LogP contribution in [-0.4, -0.2) is 4.99 Å². The van der Waals surface area contributed by atoms with Gasteiger partial charge in [-0.1, -0.05) is 29.9 Å². The van der Waals surface area contributed by atoms with E-state index >= 15 is 0 Å². The first-order chi connectivity index (χ1) is 8.97. The van der Waals surface area contributed by atoms with Crippen LogP contribution in [0.15, 0.2) is 40.9 Å². The van der Waals surface area contributed by atoms with Crippen LogP contribution < -0.4 is 10.5 Å². The second-order valence-electron chi connectivity index (χ2n) is 4.40. The van der Waals surface area contributed by atoms with Crippen LogP contribution in [0, 0.1) is 13.8 Å². The van der Waals surface area contributed by atoms with Crippen LogP contribution in [-0.2, 0) is 0 Å². The van der Waals surface area contributed by atoms with Crippen LogP contribution in [0.5, 0.6) is 11.5 Å². The van der Waals surface area contributed by atoms with Gasteiger partial charge in [0.1, 0.15) is 16.5 Å². The van der Waals surface area contributed by atoms with Gasteiger partial charge in [0.15, 0.2) is 0 Å². The Balaban J connectivity index is 2.40. The third kappa shape index (κ3) is 3.33. The third-order valence-corrected chi connectivity index (χ3v) is 3.55. The third-order valence-electron chi connectivity index (χ3n) is 2.71. The maximum absolute atomic E-state index is 5.90. The number of halogens is 1. The smallest absolute Gasteiger partial charge is 0.141 e. The highest BCUT2D eigenvalue weighted by Crippen LogP contribution is 2.32. The largest absolute Gasteiger partial charge is 0.455 e. The Kier molecular flexibility index (Phi) is 4.22. The number of hydrogen-bond donors (Lipinski definition) is 1. The molecule has 0 aliphatic heterocycles. The second-order valence-corrected chi connectivity index (χ2v) is 5.69. The Labute approximate surface area is 126 Å². The molecule has 0 aliphatic carbocycles. The van der Waals surface area contributed by atoms with Gasteiger partial charge in [0.05, 0.1) is 10.0 Å². The zero-order chi connectivity index (χ0) is 14.0. The fourth-order valence-electron chi connectivity index (χ4n) is 1.73. The first-order valence-electron chi connectivity index (χ1n) is 5.82. The molecule has 2 nitrogen and oxygen atoms in total. The van der Waals surface area contributed by atoms with Gasteiger partial charge in [-0.25, -0.2) is 0 Å². The van der Waals surface area contributed by atoms with E-state index < -0.39 is 0 Å². The molecular weight excluding hydrogens is 322 g/mol. The van der Waals surface area contributed by atoms with Crippen molar-refractivity contribution >= 4 is 33.1 Å². The molecule has 2 aromatic rings. The minimum Gasteiger partial charge on any atom is -0.455 e. The van der Waals surface area contributed by atoms with Crippen molar-refractivity contribution in [3.63, 3.8) is 0 Å². The molecule has 0 unspecified atom stereocenters. The summed E-state index contributed by atoms with van der Waals surface area (Å²) in [7, 11) is 0. The topological polar surface area (TPSA) is 35.2 Å². The van der Waals surface area contributed by atoms with Crippen LogP contribution in [0.2, 0.25) is 0 Å². The van der Waals surface area contributed by atoms with Crippen LogP contribution in [0.1, 0.15) is 16.7 Å². The van der Waals surface area contributed by atoms with Crippen molar-refractivity contribution in [2.75, 3.05) is 0 Å². The summed E-state index contributed by atoms with van der Waals surface area (Å²) < 4.78 is 6.80. The van der Waals surface area contributed by atoms with Crippen molar-refractivity contribution < 1.29 is 4.74 Å². The Bertz CT molecular complexity index is 640. The van der Waals surface area contributed by atoms with E-state index in [1.165, 1.54) is 0 Å². The Morgan fingerprint density at radius 1 is 1.05 bits per heavy atom. The van der Waals surface area contributed by atoms with Crippen LogP contribution in [0.25, 0.3) is 0 Å². The molecule has 4 heteroatoms. The SMILES string of the molecule is Cc1ccc(Oc2ccc(C)cc2C(N)=S)c(Br)c1. The van der Waals surface area contributed by atoms with E-state index in [2.05, 4.69) is 15.9 Å². The summed E-state index contributed by atoms with van der Waals surface area (Å²) in [5.41, 5.74) is 8.75. The number of thiocarbonyl (C=S) groups is 1. The standard InChI is InChI=1S/C15H14BrNOS/c1-9-3-5-13(11(7-9)15(17)19)18-14-6-4-10(2)8-12(14)16/h3-8H,1-2H3,(H2,17,19). The summed E-state index contributed by atoms with van der Waals surface area (Å²) in [5.74, 6) is 1.41. The first kappa shape index (κ1) is 14.0. The van der Waals surface area contributed by atoms with Crippen LogP contribution in [0.3, 0.4) is 0 Å². The van der Waals surface area contributed by atoms with Gasteiger partial charge in [0.2, 0.25) is 0 Å². The van der Waals surface area contributed by atoms with Gasteiger partial charge in [0.25, 0.3) is 0 Å². The van der Waals surface area contributed by atoms with E-state index in [1.807, 2.05) is 50.2 Å². The Morgan fingerprint density at radius 3 is 2.21 bits per heavy atom. The predicted molar refractivity (Wildman–Crippen MR) is 86.0 cm³/mol. The lowest BCUT2D eigenvalue weighted by Crippen LogP contribution is -2.11. The van der Waals surface area contributed by atoms with Gasteiger partial charge in [0, 0.05) is 0 Å². The number of rotatable bonds is 3. The van der Waals surface area contributed by atoms with Crippen LogP contribution >= 0.6 is 28.1 Å². The van der Waals surface area contributed by atoms with E-state index in [1.54, 1.807) is 0 Å². The number of ether oxygens (including phenoxy) is 1. The summed E-state index contributed by atoms with van der Waals surface area (Å²) in [4.78, 5) is 0.335. The lowest BCUT2D eigenvalue weighted by atomic mass is 10.1. The molecule has 2 rings (SSSR count). The minimum atomic E-state index is 0.335. The maximum Gasteiger partial charge on any atom is 0.141 e. The Morgan fingerprint density at radius 2 is 1.63 bits per heavy atom. The van der Waals surface area contributed by atoms with Crippen molar-refractivity contribution in [3.8, 4) is 11.5 Å². The second kappa shape index (κ2) is 5.72. The highest BCUT2D eigenvalue weighted by Gasteiger charge is 2.10. The monoisotopic (exact) mass is 335 g/mol. The van der Waals surface area contributed by atoms with Crippen LogP contribution in [0.4, 0.5) is 0 Å². The number of benzene rings is 2. The molecule has 0 amide bonds. The highest BCUT2D eigenvalue weighted by atomic mass is 79.9. The molecule has 0 saturated carbocycles. The van der Waals surface area contributed by atoms with Crippen molar-refractivity contribution in [1.82, 2.24) is 0 Å². The molecule has 2 aromatic carbocycles. The van der Waals surface area contributed by atoms with Gasteiger partial charge in [-0.05, 0) is 59.6 Å². The summed E-state index contributed by atoms with van der Waals surface area (Å²) >= 11 is 8.56. The normalized spacial score (nSPS) is 10.3. The van der Waals surface area contributed by atoms with Gasteiger partial charge >= 0.3 is 0 Å². The summed E-state index contributed by atoms with van der Waals surface area (Å²) in [5, 5.41) is 0. The molecule has 0 aliphatic rings. The fraction of sp³-hybridized carbons (Fsp3) is 0.133. The zero-order valence-corrected chi connectivity index (χ0v) is 13.1. The van der Waals surface area contributed by atoms with Crippen molar-refractivity contribution in [2.24, 2.45) is 5.73 Å². The Hall–Kier alpha value is -1.39. The molecule has 19 heavy (non-hydrogen) atoms. The molecule has 0 atom stereocenters. The van der Waals surface area contributed by atoms with Gasteiger partial charge < -0.3 is 10.5 Å². The van der Waals surface area contributed by atoms with E-state index in [0.29, 0.717) is 10.7 Å². The molecule has 0 spiro atoms. The summed E-state index contributed by atoms with van der Waals surface area (Å²) in [6, 6.07) is 11.7. The first-order valence-corrected chi connectivity index (χ1v) is 7.02. The molecule has 0 saturated heterocycles. The van der Waals surface area contributed by atoms with Gasteiger partial charge in [-0.15, -0.1) is 0 Å². The molecule has 0 bridgehead atoms.